The van der Waals surface area contributed by atoms with E-state index in [1.54, 1.807) is 0 Å². The number of hydrogen-bond donors (Lipinski definition) is 0. The Morgan fingerprint density at radius 2 is 2.17 bits per heavy atom. The molecule has 1 rings (SSSR count). The summed E-state index contributed by atoms with van der Waals surface area (Å²) in [5, 5.41) is -0.107. The molecule has 0 amide bonds. The smallest absolute Gasteiger partial charge is 0.151 e. The third-order valence-corrected chi connectivity index (χ3v) is 3.97. The molecule has 1 fully saturated rings. The lowest BCUT2D eigenvalue weighted by molar-refractivity contribution is 0.339. The van der Waals surface area contributed by atoms with Crippen LogP contribution in [0, 0.1) is 0 Å². The van der Waals surface area contributed by atoms with E-state index >= 15 is 0 Å². The van der Waals surface area contributed by atoms with E-state index in [0.717, 1.165) is 32.5 Å². The predicted molar refractivity (Wildman–Crippen MR) is 50.0 cm³/mol. The number of likely N-dealkylation sites (tertiary alicyclic amines) is 1. The summed E-state index contributed by atoms with van der Waals surface area (Å²) in [4.78, 5) is 2.23. The minimum atomic E-state index is -2.80. The molecule has 0 aromatic rings. The fourth-order valence-electron chi connectivity index (χ4n) is 1.67. The molecule has 72 valence electrons. The van der Waals surface area contributed by atoms with Crippen LogP contribution >= 0.6 is 0 Å². The van der Waals surface area contributed by atoms with Gasteiger partial charge in [0.2, 0.25) is 0 Å². The van der Waals surface area contributed by atoms with Crippen molar-refractivity contribution in [1.82, 2.24) is 4.90 Å². The zero-order chi connectivity index (χ0) is 9.19. The second-order valence-corrected chi connectivity index (χ2v) is 5.87. The maximum Gasteiger partial charge on any atom is 0.151 e. The third-order valence-electron chi connectivity index (χ3n) is 2.37. The Bertz CT molecular complexity index is 235. The van der Waals surface area contributed by atoms with E-state index in [4.69, 9.17) is 0 Å². The molecule has 1 heterocycles. The second kappa shape index (κ2) is 3.75. The fraction of sp³-hybridized carbons (Fsp3) is 1.00. The Morgan fingerprint density at radius 1 is 1.50 bits per heavy atom. The monoisotopic (exact) mass is 191 g/mol. The summed E-state index contributed by atoms with van der Waals surface area (Å²) in [7, 11) is -2.80. The third kappa shape index (κ3) is 2.45. The van der Waals surface area contributed by atoms with Crippen molar-refractivity contribution in [2.75, 3.05) is 25.9 Å². The number of rotatable bonds is 3. The molecule has 0 aromatic carbocycles. The molecule has 1 unspecified atom stereocenters. The Kier molecular flexibility index (Phi) is 3.12. The molecule has 1 atom stereocenters. The highest BCUT2D eigenvalue weighted by atomic mass is 32.2. The Morgan fingerprint density at radius 3 is 2.58 bits per heavy atom. The van der Waals surface area contributed by atoms with Gasteiger partial charge in [0.25, 0.3) is 0 Å². The average molecular weight is 191 g/mol. The van der Waals surface area contributed by atoms with E-state index in [1.165, 1.54) is 6.26 Å². The molecule has 0 N–H and O–H groups in total. The zero-order valence-electron chi connectivity index (χ0n) is 7.78. The molecule has 12 heavy (non-hydrogen) atoms. The molecule has 4 heteroatoms. The van der Waals surface area contributed by atoms with Crippen LogP contribution in [0.4, 0.5) is 0 Å². The van der Waals surface area contributed by atoms with Gasteiger partial charge >= 0.3 is 0 Å². The van der Waals surface area contributed by atoms with E-state index in [1.807, 2.05) is 0 Å². The number of sulfone groups is 1. The minimum Gasteiger partial charge on any atom is -0.302 e. The molecular formula is C8H17NO2S. The normalized spacial score (nSPS) is 26.3. The van der Waals surface area contributed by atoms with Crippen molar-refractivity contribution in [1.29, 1.82) is 0 Å². The molecule has 0 aliphatic carbocycles. The molecule has 1 saturated heterocycles. The van der Waals surface area contributed by atoms with Crippen molar-refractivity contribution in [2.45, 2.75) is 25.0 Å². The quantitative estimate of drug-likeness (QED) is 0.652. The van der Waals surface area contributed by atoms with Gasteiger partial charge in [-0.25, -0.2) is 8.42 Å². The highest BCUT2D eigenvalue weighted by Gasteiger charge is 2.29. The van der Waals surface area contributed by atoms with Crippen molar-refractivity contribution in [3.8, 4) is 0 Å². The molecule has 0 radical (unpaired) electrons. The Labute approximate surface area is 74.7 Å². The van der Waals surface area contributed by atoms with Gasteiger partial charge in [-0.05, 0) is 25.9 Å². The number of hydrogen-bond acceptors (Lipinski definition) is 3. The zero-order valence-corrected chi connectivity index (χ0v) is 8.60. The highest BCUT2D eigenvalue weighted by molar-refractivity contribution is 7.91. The second-order valence-electron chi connectivity index (χ2n) is 3.54. The standard InChI is InChI=1S/C8H17NO2S/c1-3-5-9-6-4-8(7-9)12(2,10)11/h8H,3-7H2,1-2H3. The van der Waals surface area contributed by atoms with Gasteiger partial charge in [0, 0.05) is 12.8 Å². The molecule has 0 saturated carbocycles. The summed E-state index contributed by atoms with van der Waals surface area (Å²) >= 11 is 0. The summed E-state index contributed by atoms with van der Waals surface area (Å²) < 4.78 is 22.3. The van der Waals surface area contributed by atoms with E-state index in [9.17, 15) is 8.42 Å². The van der Waals surface area contributed by atoms with Crippen molar-refractivity contribution in [2.24, 2.45) is 0 Å². The Hall–Kier alpha value is -0.0900. The van der Waals surface area contributed by atoms with Crippen molar-refractivity contribution >= 4 is 9.84 Å². The molecule has 0 spiro atoms. The van der Waals surface area contributed by atoms with Crippen molar-refractivity contribution in [3.05, 3.63) is 0 Å². The van der Waals surface area contributed by atoms with Crippen LogP contribution in [0.5, 0.6) is 0 Å². The van der Waals surface area contributed by atoms with E-state index in [-0.39, 0.29) is 5.25 Å². The van der Waals surface area contributed by atoms with Crippen LogP contribution in [0.1, 0.15) is 19.8 Å². The number of nitrogens with zero attached hydrogens (tertiary/aromatic N) is 1. The first-order chi connectivity index (χ1) is 5.54. The first-order valence-electron chi connectivity index (χ1n) is 4.45. The van der Waals surface area contributed by atoms with Crippen molar-refractivity contribution < 1.29 is 8.42 Å². The summed E-state index contributed by atoms with van der Waals surface area (Å²) in [5.41, 5.74) is 0. The molecule has 0 aromatic heterocycles. The summed E-state index contributed by atoms with van der Waals surface area (Å²) in [5.74, 6) is 0. The van der Waals surface area contributed by atoms with Crippen LogP contribution in [0.3, 0.4) is 0 Å². The van der Waals surface area contributed by atoms with Gasteiger partial charge in [0.15, 0.2) is 9.84 Å². The maximum atomic E-state index is 11.2. The Balaban J connectivity index is 2.46. The summed E-state index contributed by atoms with van der Waals surface area (Å²) in [6.45, 7) is 4.85. The molecule has 1 aliphatic rings. The van der Waals surface area contributed by atoms with Crippen molar-refractivity contribution in [3.63, 3.8) is 0 Å². The van der Waals surface area contributed by atoms with Crippen LogP contribution in [0.2, 0.25) is 0 Å². The van der Waals surface area contributed by atoms with Crippen LogP contribution in [0.15, 0.2) is 0 Å². The van der Waals surface area contributed by atoms with Gasteiger partial charge in [-0.1, -0.05) is 6.92 Å². The fourth-order valence-corrected chi connectivity index (χ4v) is 2.68. The lowest BCUT2D eigenvalue weighted by atomic mass is 10.4. The molecule has 3 nitrogen and oxygen atoms in total. The molecule has 0 bridgehead atoms. The maximum absolute atomic E-state index is 11.2. The summed E-state index contributed by atoms with van der Waals surface area (Å²) in [6.07, 6.45) is 3.27. The van der Waals surface area contributed by atoms with E-state index in [2.05, 4.69) is 11.8 Å². The predicted octanol–water partition coefficient (Wildman–Crippen LogP) is 0.515. The van der Waals surface area contributed by atoms with Gasteiger partial charge in [-0.3, -0.25) is 0 Å². The minimum absolute atomic E-state index is 0.107. The first kappa shape index (κ1) is 9.99. The lowest BCUT2D eigenvalue weighted by Gasteiger charge is -2.13. The largest absolute Gasteiger partial charge is 0.302 e. The summed E-state index contributed by atoms with van der Waals surface area (Å²) in [6, 6.07) is 0. The lowest BCUT2D eigenvalue weighted by Crippen LogP contribution is -2.26. The SMILES string of the molecule is CCCN1CCC(S(C)(=O)=O)C1. The highest BCUT2D eigenvalue weighted by Crippen LogP contribution is 2.15. The van der Waals surface area contributed by atoms with Crippen LogP contribution < -0.4 is 0 Å². The van der Waals surface area contributed by atoms with Crippen LogP contribution in [0.25, 0.3) is 0 Å². The van der Waals surface area contributed by atoms with Gasteiger partial charge in [0.05, 0.1) is 5.25 Å². The van der Waals surface area contributed by atoms with E-state index < -0.39 is 9.84 Å². The van der Waals surface area contributed by atoms with Gasteiger partial charge in [-0.15, -0.1) is 0 Å². The van der Waals surface area contributed by atoms with E-state index in [0.29, 0.717) is 0 Å². The van der Waals surface area contributed by atoms with Gasteiger partial charge < -0.3 is 4.90 Å². The first-order valence-corrected chi connectivity index (χ1v) is 6.40. The topological polar surface area (TPSA) is 37.4 Å². The average Bonchev–Trinajstić information content (AvgIpc) is 2.35. The van der Waals surface area contributed by atoms with Crippen LogP contribution in [-0.4, -0.2) is 44.5 Å². The molecular weight excluding hydrogens is 174 g/mol. The van der Waals surface area contributed by atoms with Gasteiger partial charge in [0.1, 0.15) is 0 Å². The molecule has 1 aliphatic heterocycles. The van der Waals surface area contributed by atoms with Crippen LogP contribution in [-0.2, 0) is 9.84 Å². The van der Waals surface area contributed by atoms with Gasteiger partial charge in [-0.2, -0.15) is 0 Å².